The van der Waals surface area contributed by atoms with Gasteiger partial charge in [-0.15, -0.1) is 0 Å². The van der Waals surface area contributed by atoms with Crippen molar-refractivity contribution in [3.05, 3.63) is 90.2 Å². The zero-order valence-electron chi connectivity index (χ0n) is 17.7. The number of halogens is 1. The molecule has 7 heteroatoms. The van der Waals surface area contributed by atoms with Crippen LogP contribution in [0, 0.1) is 11.7 Å². The first-order chi connectivity index (χ1) is 15.5. The first kappa shape index (κ1) is 20.2. The van der Waals surface area contributed by atoms with E-state index < -0.39 is 29.8 Å². The number of carbonyl (C=O) groups excluding carboxylic acids is 2. The third-order valence-corrected chi connectivity index (χ3v) is 5.96. The molecule has 0 radical (unpaired) electrons. The highest BCUT2D eigenvalue weighted by Crippen LogP contribution is 2.47. The molecule has 2 aliphatic rings. The SMILES string of the molecule is CN(C)c1ccc([C@H]2[C@@H]3C(=O)N(c4ccc(F)cc4)C(=O)[C@H]3ON2c2ccccc2)cc1. The van der Waals surface area contributed by atoms with Crippen LogP contribution in [0.2, 0.25) is 0 Å². The van der Waals surface area contributed by atoms with Crippen molar-refractivity contribution in [3.63, 3.8) is 0 Å². The number of rotatable bonds is 4. The third-order valence-electron chi connectivity index (χ3n) is 5.96. The number of imide groups is 1. The molecule has 0 N–H and O–H groups in total. The Kier molecular flexibility index (Phi) is 4.90. The highest BCUT2D eigenvalue weighted by atomic mass is 19.1. The van der Waals surface area contributed by atoms with E-state index >= 15 is 0 Å². The van der Waals surface area contributed by atoms with Crippen molar-refractivity contribution in [3.8, 4) is 0 Å². The predicted molar refractivity (Wildman–Crippen MR) is 120 cm³/mol. The maximum absolute atomic E-state index is 13.5. The monoisotopic (exact) mass is 431 g/mol. The van der Waals surface area contributed by atoms with Crippen molar-refractivity contribution < 1.29 is 18.8 Å². The van der Waals surface area contributed by atoms with E-state index in [1.54, 1.807) is 5.06 Å². The summed E-state index contributed by atoms with van der Waals surface area (Å²) in [5.74, 6) is -1.96. The van der Waals surface area contributed by atoms with Gasteiger partial charge in [0.05, 0.1) is 17.4 Å². The Morgan fingerprint density at radius 1 is 0.812 bits per heavy atom. The second-order valence-electron chi connectivity index (χ2n) is 8.13. The Morgan fingerprint density at radius 2 is 1.47 bits per heavy atom. The van der Waals surface area contributed by atoms with E-state index in [2.05, 4.69) is 0 Å². The average Bonchev–Trinajstić information content (AvgIpc) is 3.31. The van der Waals surface area contributed by atoms with Crippen LogP contribution in [-0.4, -0.2) is 32.0 Å². The van der Waals surface area contributed by atoms with Crippen LogP contribution in [0.15, 0.2) is 78.9 Å². The van der Waals surface area contributed by atoms with Gasteiger partial charge in [0.2, 0.25) is 5.91 Å². The summed E-state index contributed by atoms with van der Waals surface area (Å²) in [7, 11) is 3.92. The van der Waals surface area contributed by atoms with Gasteiger partial charge in [-0.25, -0.2) is 14.4 Å². The minimum atomic E-state index is -0.953. The van der Waals surface area contributed by atoms with Crippen molar-refractivity contribution in [2.24, 2.45) is 5.92 Å². The van der Waals surface area contributed by atoms with Crippen LogP contribution in [0.4, 0.5) is 21.5 Å². The zero-order valence-corrected chi connectivity index (χ0v) is 17.7. The standard InChI is InChI=1S/C25H22FN3O3/c1-27(2)18-12-8-16(9-13-18)22-21-23(32-29(22)20-6-4-3-5-7-20)25(31)28(24(21)30)19-14-10-17(26)11-15-19/h3-15,21-23H,1-2H3/t21-,22-,23-/m0/s1. The molecule has 3 aromatic carbocycles. The highest BCUT2D eigenvalue weighted by Gasteiger charge is 2.60. The molecule has 6 nitrogen and oxygen atoms in total. The molecule has 2 saturated heterocycles. The Hall–Kier alpha value is -3.71. The fourth-order valence-electron chi connectivity index (χ4n) is 4.37. The van der Waals surface area contributed by atoms with E-state index in [-0.39, 0.29) is 5.91 Å². The van der Waals surface area contributed by atoms with E-state index in [0.29, 0.717) is 5.69 Å². The van der Waals surface area contributed by atoms with Gasteiger partial charge in [0.15, 0.2) is 6.10 Å². The molecule has 0 aliphatic carbocycles. The van der Waals surface area contributed by atoms with Crippen LogP contribution in [0.3, 0.4) is 0 Å². The number of hydrogen-bond donors (Lipinski definition) is 0. The van der Waals surface area contributed by atoms with E-state index in [4.69, 9.17) is 4.84 Å². The Balaban J connectivity index is 1.56. The normalized spacial score (nSPS) is 22.4. The molecular weight excluding hydrogens is 409 g/mol. The van der Waals surface area contributed by atoms with Gasteiger partial charge in [-0.05, 0) is 54.1 Å². The Bertz CT molecular complexity index is 1150. The lowest BCUT2D eigenvalue weighted by Gasteiger charge is -2.29. The second kappa shape index (κ2) is 7.76. The summed E-state index contributed by atoms with van der Waals surface area (Å²) in [4.78, 5) is 36.0. The van der Waals surface area contributed by atoms with E-state index in [0.717, 1.165) is 21.8 Å². The van der Waals surface area contributed by atoms with Crippen LogP contribution in [-0.2, 0) is 14.4 Å². The number of hydrogen-bond acceptors (Lipinski definition) is 5. The van der Waals surface area contributed by atoms with Gasteiger partial charge in [0.1, 0.15) is 11.7 Å². The minimum Gasteiger partial charge on any atom is -0.378 e. The molecule has 0 saturated carbocycles. The molecule has 0 unspecified atom stereocenters. The van der Waals surface area contributed by atoms with Crippen molar-refractivity contribution in [2.45, 2.75) is 12.1 Å². The minimum absolute atomic E-state index is 0.340. The number of carbonyl (C=O) groups is 2. The summed E-state index contributed by atoms with van der Waals surface area (Å²) in [5.41, 5.74) is 3.00. The summed E-state index contributed by atoms with van der Waals surface area (Å²) < 4.78 is 13.4. The summed E-state index contributed by atoms with van der Waals surface area (Å²) in [6.45, 7) is 0. The van der Waals surface area contributed by atoms with Gasteiger partial charge in [-0.3, -0.25) is 14.4 Å². The lowest BCUT2D eigenvalue weighted by molar-refractivity contribution is -0.126. The molecule has 2 aliphatic heterocycles. The topological polar surface area (TPSA) is 53.1 Å². The van der Waals surface area contributed by atoms with Crippen LogP contribution in [0.1, 0.15) is 11.6 Å². The summed E-state index contributed by atoms with van der Waals surface area (Å²) in [6.07, 6.45) is -0.953. The lowest BCUT2D eigenvalue weighted by Crippen LogP contribution is -2.37. The van der Waals surface area contributed by atoms with Gasteiger partial charge < -0.3 is 4.90 Å². The molecule has 32 heavy (non-hydrogen) atoms. The maximum atomic E-state index is 13.5. The number of benzene rings is 3. The van der Waals surface area contributed by atoms with Crippen LogP contribution in [0.25, 0.3) is 0 Å². The lowest BCUT2D eigenvalue weighted by atomic mass is 9.90. The number of para-hydroxylation sites is 1. The molecule has 162 valence electrons. The molecule has 0 aromatic heterocycles. The number of anilines is 3. The molecule has 2 fully saturated rings. The fourth-order valence-corrected chi connectivity index (χ4v) is 4.37. The highest BCUT2D eigenvalue weighted by molar-refractivity contribution is 6.23. The van der Waals surface area contributed by atoms with E-state index in [1.165, 1.54) is 24.3 Å². The second-order valence-corrected chi connectivity index (χ2v) is 8.13. The van der Waals surface area contributed by atoms with Crippen LogP contribution >= 0.6 is 0 Å². The summed E-state index contributed by atoms with van der Waals surface area (Å²) >= 11 is 0. The first-order valence-corrected chi connectivity index (χ1v) is 10.4. The molecule has 3 aromatic rings. The molecule has 5 rings (SSSR count). The molecule has 2 heterocycles. The molecule has 2 amide bonds. The number of nitrogens with zero attached hydrogens (tertiary/aromatic N) is 3. The van der Waals surface area contributed by atoms with Gasteiger partial charge in [-0.1, -0.05) is 30.3 Å². The average molecular weight is 431 g/mol. The van der Waals surface area contributed by atoms with Crippen molar-refractivity contribution in [1.82, 2.24) is 0 Å². The molecule has 3 atom stereocenters. The number of amides is 2. The molecule has 0 spiro atoms. The van der Waals surface area contributed by atoms with Gasteiger partial charge >= 0.3 is 0 Å². The Morgan fingerprint density at radius 3 is 2.09 bits per heavy atom. The van der Waals surface area contributed by atoms with Crippen LogP contribution in [0.5, 0.6) is 0 Å². The van der Waals surface area contributed by atoms with Crippen molar-refractivity contribution in [1.29, 1.82) is 0 Å². The van der Waals surface area contributed by atoms with Gasteiger partial charge in [0.25, 0.3) is 5.91 Å². The summed E-state index contributed by atoms with van der Waals surface area (Å²) in [6, 6.07) is 22.1. The third kappa shape index (κ3) is 3.22. The Labute approximate surface area is 185 Å². The number of hydroxylamine groups is 1. The number of fused-ring (bicyclic) bond motifs is 1. The van der Waals surface area contributed by atoms with Crippen molar-refractivity contribution in [2.75, 3.05) is 29.0 Å². The van der Waals surface area contributed by atoms with Crippen LogP contribution < -0.4 is 14.9 Å². The predicted octanol–water partition coefficient (Wildman–Crippen LogP) is 3.94. The summed E-state index contributed by atoms with van der Waals surface area (Å²) in [5, 5.41) is 1.66. The van der Waals surface area contributed by atoms with E-state index in [9.17, 15) is 14.0 Å². The fraction of sp³-hybridized carbons (Fsp3) is 0.200. The quantitative estimate of drug-likeness (QED) is 0.586. The van der Waals surface area contributed by atoms with Gasteiger partial charge in [-0.2, -0.15) is 0 Å². The maximum Gasteiger partial charge on any atom is 0.266 e. The first-order valence-electron chi connectivity index (χ1n) is 10.4. The molecule has 0 bridgehead atoms. The van der Waals surface area contributed by atoms with Crippen molar-refractivity contribution >= 4 is 28.9 Å². The molecular formula is C25H22FN3O3. The van der Waals surface area contributed by atoms with E-state index in [1.807, 2.05) is 73.6 Å². The largest absolute Gasteiger partial charge is 0.378 e. The zero-order chi connectivity index (χ0) is 22.4. The van der Waals surface area contributed by atoms with Gasteiger partial charge in [0, 0.05) is 19.8 Å². The smallest absolute Gasteiger partial charge is 0.266 e.